The van der Waals surface area contributed by atoms with Gasteiger partial charge < -0.3 is 15.6 Å². The Morgan fingerprint density at radius 3 is 2.83 bits per heavy atom. The molecular weight excluding hydrogens is 294 g/mol. The van der Waals surface area contributed by atoms with Crippen molar-refractivity contribution in [2.45, 2.75) is 50.9 Å². The second-order valence-electron chi connectivity index (χ2n) is 4.79. The van der Waals surface area contributed by atoms with E-state index < -0.39 is 0 Å². The summed E-state index contributed by atoms with van der Waals surface area (Å²) in [4.78, 5) is 0. The predicted octanol–water partition coefficient (Wildman–Crippen LogP) is 2.98. The highest BCUT2D eigenvalue weighted by Crippen LogP contribution is 2.32. The van der Waals surface area contributed by atoms with Crippen molar-refractivity contribution in [2.24, 2.45) is 5.73 Å². The smallest absolute Gasteiger partial charge is 0.138 e. The molecule has 4 heteroatoms. The molecule has 1 saturated carbocycles. The molecule has 18 heavy (non-hydrogen) atoms. The minimum atomic E-state index is -0.370. The van der Waals surface area contributed by atoms with Gasteiger partial charge >= 0.3 is 0 Å². The lowest BCUT2D eigenvalue weighted by Gasteiger charge is -2.24. The zero-order chi connectivity index (χ0) is 13.0. The summed E-state index contributed by atoms with van der Waals surface area (Å²) in [5.74, 6) is 0.783. The molecule has 0 heterocycles. The van der Waals surface area contributed by atoms with Crippen molar-refractivity contribution in [1.29, 1.82) is 0 Å². The molecule has 0 aliphatic heterocycles. The molecule has 100 valence electrons. The predicted molar refractivity (Wildman–Crippen MR) is 75.5 cm³/mol. The van der Waals surface area contributed by atoms with Crippen molar-refractivity contribution in [1.82, 2.24) is 0 Å². The average Bonchev–Trinajstić information content (AvgIpc) is 2.57. The van der Waals surface area contributed by atoms with Crippen LogP contribution in [0.2, 0.25) is 0 Å². The van der Waals surface area contributed by atoms with Crippen molar-refractivity contribution in [3.8, 4) is 5.75 Å². The molecule has 2 rings (SSSR count). The van der Waals surface area contributed by atoms with E-state index in [1.165, 1.54) is 6.42 Å². The first-order chi connectivity index (χ1) is 8.72. The third-order valence-electron chi connectivity index (χ3n) is 3.46. The standard InChI is InChI=1S/C14H20BrNO2/c15-11-6-4-5-10(9-16)14(11)18-13-8-3-1-2-7-12(13)17/h4-6,12-13,17H,1-3,7-9,16H2. The van der Waals surface area contributed by atoms with E-state index in [2.05, 4.69) is 15.9 Å². The van der Waals surface area contributed by atoms with Crippen LogP contribution in [0.15, 0.2) is 22.7 Å². The van der Waals surface area contributed by atoms with Gasteiger partial charge in [-0.2, -0.15) is 0 Å². The molecule has 0 bridgehead atoms. The lowest BCUT2D eigenvalue weighted by atomic mass is 10.1. The summed E-state index contributed by atoms with van der Waals surface area (Å²) in [6.07, 6.45) is 4.63. The number of hydrogen-bond acceptors (Lipinski definition) is 3. The van der Waals surface area contributed by atoms with Gasteiger partial charge in [-0.1, -0.05) is 25.0 Å². The molecule has 2 unspecified atom stereocenters. The van der Waals surface area contributed by atoms with E-state index >= 15 is 0 Å². The fourth-order valence-corrected chi connectivity index (χ4v) is 2.89. The number of para-hydroxylation sites is 1. The molecular formula is C14H20BrNO2. The van der Waals surface area contributed by atoms with Gasteiger partial charge in [-0.05, 0) is 41.3 Å². The molecule has 1 aromatic carbocycles. The maximum atomic E-state index is 10.1. The SMILES string of the molecule is NCc1cccc(Br)c1OC1CCCCCC1O. The number of ether oxygens (including phenoxy) is 1. The zero-order valence-electron chi connectivity index (χ0n) is 10.4. The van der Waals surface area contributed by atoms with Crippen LogP contribution in [0.5, 0.6) is 5.75 Å². The van der Waals surface area contributed by atoms with Crippen LogP contribution < -0.4 is 10.5 Å². The Bertz CT molecular complexity index is 397. The number of aliphatic hydroxyl groups excluding tert-OH is 1. The van der Waals surface area contributed by atoms with Crippen LogP contribution >= 0.6 is 15.9 Å². The van der Waals surface area contributed by atoms with Gasteiger partial charge in [-0.25, -0.2) is 0 Å². The summed E-state index contributed by atoms with van der Waals surface area (Å²) in [6.45, 7) is 0.442. The van der Waals surface area contributed by atoms with E-state index in [-0.39, 0.29) is 12.2 Å². The van der Waals surface area contributed by atoms with E-state index in [4.69, 9.17) is 10.5 Å². The number of halogens is 1. The second-order valence-corrected chi connectivity index (χ2v) is 5.65. The van der Waals surface area contributed by atoms with Gasteiger partial charge in [0.15, 0.2) is 0 Å². The Hall–Kier alpha value is -0.580. The molecule has 0 amide bonds. The summed E-state index contributed by atoms with van der Waals surface area (Å²) < 4.78 is 6.93. The Kier molecular flexibility index (Phi) is 5.03. The van der Waals surface area contributed by atoms with Crippen LogP contribution in [-0.2, 0) is 6.54 Å². The van der Waals surface area contributed by atoms with Crippen LogP contribution in [0.1, 0.15) is 37.7 Å². The van der Waals surface area contributed by atoms with Gasteiger partial charge in [0.2, 0.25) is 0 Å². The number of aliphatic hydroxyl groups is 1. The summed E-state index contributed by atoms with van der Waals surface area (Å²) >= 11 is 3.49. The molecule has 1 aliphatic carbocycles. The van der Waals surface area contributed by atoms with Crippen molar-refractivity contribution < 1.29 is 9.84 Å². The maximum absolute atomic E-state index is 10.1. The number of benzene rings is 1. The van der Waals surface area contributed by atoms with Crippen molar-refractivity contribution in [3.63, 3.8) is 0 Å². The summed E-state index contributed by atoms with van der Waals surface area (Å²) in [5.41, 5.74) is 6.70. The lowest BCUT2D eigenvalue weighted by Crippen LogP contribution is -2.31. The van der Waals surface area contributed by atoms with Crippen LogP contribution in [-0.4, -0.2) is 17.3 Å². The van der Waals surface area contributed by atoms with Crippen LogP contribution in [0.25, 0.3) is 0 Å². The Morgan fingerprint density at radius 2 is 2.06 bits per heavy atom. The fraction of sp³-hybridized carbons (Fsp3) is 0.571. The molecule has 3 N–H and O–H groups in total. The van der Waals surface area contributed by atoms with E-state index in [0.29, 0.717) is 6.54 Å². The molecule has 1 fully saturated rings. The molecule has 0 aromatic heterocycles. The van der Waals surface area contributed by atoms with Gasteiger partial charge in [0.1, 0.15) is 11.9 Å². The van der Waals surface area contributed by atoms with Gasteiger partial charge in [0.25, 0.3) is 0 Å². The van der Waals surface area contributed by atoms with Gasteiger partial charge in [0.05, 0.1) is 10.6 Å². The van der Waals surface area contributed by atoms with Crippen LogP contribution in [0.3, 0.4) is 0 Å². The number of rotatable bonds is 3. The highest BCUT2D eigenvalue weighted by molar-refractivity contribution is 9.10. The van der Waals surface area contributed by atoms with E-state index in [1.807, 2.05) is 18.2 Å². The first kappa shape index (κ1) is 13.8. The van der Waals surface area contributed by atoms with Crippen LogP contribution in [0.4, 0.5) is 0 Å². The minimum Gasteiger partial charge on any atom is -0.486 e. The summed E-state index contributed by atoms with van der Waals surface area (Å²) in [7, 11) is 0. The van der Waals surface area contributed by atoms with Crippen molar-refractivity contribution in [3.05, 3.63) is 28.2 Å². The summed E-state index contributed by atoms with van der Waals surface area (Å²) in [5, 5.41) is 10.1. The highest BCUT2D eigenvalue weighted by atomic mass is 79.9. The maximum Gasteiger partial charge on any atom is 0.138 e. The minimum absolute atomic E-state index is 0.114. The largest absolute Gasteiger partial charge is 0.486 e. The Morgan fingerprint density at radius 1 is 1.28 bits per heavy atom. The van der Waals surface area contributed by atoms with Crippen LogP contribution in [0, 0.1) is 0 Å². The van der Waals surface area contributed by atoms with Gasteiger partial charge in [0, 0.05) is 12.1 Å². The average molecular weight is 314 g/mol. The Balaban J connectivity index is 2.16. The quantitative estimate of drug-likeness (QED) is 0.843. The first-order valence-electron chi connectivity index (χ1n) is 6.54. The topological polar surface area (TPSA) is 55.5 Å². The molecule has 2 atom stereocenters. The van der Waals surface area contributed by atoms with E-state index in [0.717, 1.165) is 41.5 Å². The van der Waals surface area contributed by atoms with Gasteiger partial charge in [-0.3, -0.25) is 0 Å². The normalized spacial score (nSPS) is 24.6. The Labute approximate surface area is 116 Å². The molecule has 1 aliphatic rings. The monoisotopic (exact) mass is 313 g/mol. The van der Waals surface area contributed by atoms with E-state index in [9.17, 15) is 5.11 Å². The first-order valence-corrected chi connectivity index (χ1v) is 7.34. The van der Waals surface area contributed by atoms with E-state index in [1.54, 1.807) is 0 Å². The second kappa shape index (κ2) is 6.55. The molecule has 0 saturated heterocycles. The third kappa shape index (κ3) is 3.25. The van der Waals surface area contributed by atoms with Crippen molar-refractivity contribution >= 4 is 15.9 Å². The lowest BCUT2D eigenvalue weighted by molar-refractivity contribution is 0.0310. The summed E-state index contributed by atoms with van der Waals surface area (Å²) in [6, 6.07) is 5.85. The molecule has 0 spiro atoms. The van der Waals surface area contributed by atoms with Gasteiger partial charge in [-0.15, -0.1) is 0 Å². The third-order valence-corrected chi connectivity index (χ3v) is 4.08. The highest BCUT2D eigenvalue weighted by Gasteiger charge is 2.24. The fourth-order valence-electron chi connectivity index (χ4n) is 2.39. The molecule has 3 nitrogen and oxygen atoms in total. The van der Waals surface area contributed by atoms with Crippen molar-refractivity contribution in [2.75, 3.05) is 0 Å². The zero-order valence-corrected chi connectivity index (χ0v) is 12.0. The number of hydrogen-bond donors (Lipinski definition) is 2. The molecule has 1 aromatic rings. The number of nitrogens with two attached hydrogens (primary N) is 1. The molecule has 0 radical (unpaired) electrons.